The van der Waals surface area contributed by atoms with Crippen molar-refractivity contribution in [3.63, 3.8) is 0 Å². The number of amides is 1. The summed E-state index contributed by atoms with van der Waals surface area (Å²) in [6, 6.07) is 17.1. The highest BCUT2D eigenvalue weighted by Gasteiger charge is 2.45. The predicted molar refractivity (Wildman–Crippen MR) is 107 cm³/mol. The van der Waals surface area contributed by atoms with E-state index in [1.807, 2.05) is 78.5 Å². The number of para-hydroxylation sites is 1. The van der Waals surface area contributed by atoms with Crippen LogP contribution in [0.15, 0.2) is 59.1 Å². The molecular formula is C22H25N3O3. The Morgan fingerprint density at radius 3 is 2.68 bits per heavy atom. The summed E-state index contributed by atoms with van der Waals surface area (Å²) in [5.74, 6) is 0.000940. The molecule has 1 amide bonds. The molecule has 0 spiro atoms. The molecule has 2 atom stereocenters. The maximum Gasteiger partial charge on any atom is 0.228 e. The largest absolute Gasteiger partial charge is 0.383 e. The number of rotatable bonds is 4. The Hall–Kier alpha value is -2.70. The summed E-state index contributed by atoms with van der Waals surface area (Å²) in [6.07, 6.45) is 0.687. The molecule has 0 saturated carbocycles. The van der Waals surface area contributed by atoms with Gasteiger partial charge in [0.2, 0.25) is 5.91 Å². The van der Waals surface area contributed by atoms with E-state index >= 15 is 0 Å². The number of benzene rings is 2. The maximum absolute atomic E-state index is 13.0. The van der Waals surface area contributed by atoms with Gasteiger partial charge in [-0.15, -0.1) is 0 Å². The molecule has 1 aliphatic heterocycles. The molecule has 1 N–H and O–H groups in total. The number of hydrogen-bond donors (Lipinski definition) is 1. The lowest BCUT2D eigenvalue weighted by Gasteiger charge is -2.47. The number of aromatic nitrogens is 1. The van der Waals surface area contributed by atoms with E-state index in [1.165, 1.54) is 0 Å². The van der Waals surface area contributed by atoms with Crippen LogP contribution in [-0.4, -0.2) is 59.2 Å². The van der Waals surface area contributed by atoms with Gasteiger partial charge in [-0.3, -0.25) is 4.79 Å². The quantitative estimate of drug-likeness (QED) is 0.754. The molecule has 0 radical (unpaired) electrons. The standard InChI is InChI=1S/C22H25N3O3/c1-24(2)20-15-25(13-12-22(20,27)16-8-4-3-5-9-16)21(26)14-18-17-10-6-7-11-19(17)28-23-18/h3-11,20,27H,12-15H2,1-2H3/t20-,22+/m1/s1. The summed E-state index contributed by atoms with van der Waals surface area (Å²) < 4.78 is 5.32. The predicted octanol–water partition coefficient (Wildman–Crippen LogP) is 2.42. The molecule has 1 fully saturated rings. The van der Waals surface area contributed by atoms with E-state index in [-0.39, 0.29) is 18.4 Å². The molecule has 146 valence electrons. The highest BCUT2D eigenvalue weighted by molar-refractivity contribution is 5.86. The molecule has 0 bridgehead atoms. The van der Waals surface area contributed by atoms with Crippen LogP contribution in [0.3, 0.4) is 0 Å². The first-order chi connectivity index (χ1) is 13.5. The Labute approximate surface area is 164 Å². The van der Waals surface area contributed by atoms with E-state index in [4.69, 9.17) is 4.52 Å². The number of hydrogen-bond acceptors (Lipinski definition) is 5. The smallest absolute Gasteiger partial charge is 0.228 e. The highest BCUT2D eigenvalue weighted by atomic mass is 16.5. The van der Waals surface area contributed by atoms with Crippen molar-refractivity contribution in [3.05, 3.63) is 65.9 Å². The Balaban J connectivity index is 1.53. The van der Waals surface area contributed by atoms with Gasteiger partial charge in [0.15, 0.2) is 5.58 Å². The highest BCUT2D eigenvalue weighted by Crippen LogP contribution is 2.35. The fraction of sp³-hybridized carbons (Fsp3) is 0.364. The molecule has 1 saturated heterocycles. The normalized spacial score (nSPS) is 22.7. The third-order valence-corrected chi connectivity index (χ3v) is 5.73. The average molecular weight is 379 g/mol. The molecule has 1 aromatic heterocycles. The van der Waals surface area contributed by atoms with Crippen LogP contribution in [0.25, 0.3) is 11.0 Å². The van der Waals surface area contributed by atoms with Gasteiger partial charge in [0.25, 0.3) is 0 Å². The molecule has 0 aliphatic carbocycles. The van der Waals surface area contributed by atoms with Crippen molar-refractivity contribution in [2.24, 2.45) is 0 Å². The molecule has 28 heavy (non-hydrogen) atoms. The van der Waals surface area contributed by atoms with Gasteiger partial charge in [-0.2, -0.15) is 0 Å². The third kappa shape index (κ3) is 3.30. The number of nitrogens with zero attached hydrogens (tertiary/aromatic N) is 3. The fourth-order valence-corrected chi connectivity index (χ4v) is 4.12. The van der Waals surface area contributed by atoms with Crippen LogP contribution >= 0.6 is 0 Å². The number of aliphatic hydroxyl groups is 1. The SMILES string of the molecule is CN(C)[C@@H]1CN(C(=O)Cc2noc3ccccc23)CC[C@]1(O)c1ccccc1. The second kappa shape index (κ2) is 7.37. The van der Waals surface area contributed by atoms with Gasteiger partial charge in [-0.25, -0.2) is 0 Å². The van der Waals surface area contributed by atoms with E-state index in [2.05, 4.69) is 5.16 Å². The van der Waals surface area contributed by atoms with Crippen LogP contribution in [0.4, 0.5) is 0 Å². The van der Waals surface area contributed by atoms with Crippen molar-refractivity contribution < 1.29 is 14.4 Å². The van der Waals surface area contributed by atoms with Crippen molar-refractivity contribution >= 4 is 16.9 Å². The van der Waals surface area contributed by atoms with Gasteiger partial charge in [-0.05, 0) is 38.2 Å². The number of likely N-dealkylation sites (tertiary alicyclic amines) is 1. The van der Waals surface area contributed by atoms with Gasteiger partial charge < -0.3 is 19.4 Å². The first-order valence-electron chi connectivity index (χ1n) is 9.54. The van der Waals surface area contributed by atoms with Gasteiger partial charge in [-0.1, -0.05) is 47.6 Å². The van der Waals surface area contributed by atoms with Crippen molar-refractivity contribution in [3.8, 4) is 0 Å². The molecule has 6 nitrogen and oxygen atoms in total. The number of piperidine rings is 1. The molecule has 0 unspecified atom stereocenters. The molecular weight excluding hydrogens is 354 g/mol. The average Bonchev–Trinajstić information content (AvgIpc) is 3.11. The molecule has 2 aromatic carbocycles. The van der Waals surface area contributed by atoms with Gasteiger partial charge in [0.1, 0.15) is 11.3 Å². The minimum Gasteiger partial charge on any atom is -0.383 e. The van der Waals surface area contributed by atoms with E-state index in [0.29, 0.717) is 30.8 Å². The first kappa shape index (κ1) is 18.7. The summed E-state index contributed by atoms with van der Waals surface area (Å²) in [6.45, 7) is 0.970. The van der Waals surface area contributed by atoms with Crippen LogP contribution < -0.4 is 0 Å². The molecule has 4 rings (SSSR count). The number of carbonyl (C=O) groups excluding carboxylic acids is 1. The second-order valence-corrected chi connectivity index (χ2v) is 7.66. The van der Waals surface area contributed by atoms with Crippen LogP contribution in [0, 0.1) is 0 Å². The Bertz CT molecular complexity index is 969. The third-order valence-electron chi connectivity index (χ3n) is 5.73. The molecule has 1 aliphatic rings. The Morgan fingerprint density at radius 1 is 1.21 bits per heavy atom. The number of fused-ring (bicyclic) bond motifs is 1. The lowest BCUT2D eigenvalue weighted by molar-refractivity contribution is -0.141. The first-order valence-corrected chi connectivity index (χ1v) is 9.54. The van der Waals surface area contributed by atoms with Gasteiger partial charge in [0.05, 0.1) is 12.5 Å². The molecule has 2 heterocycles. The van der Waals surface area contributed by atoms with Crippen molar-refractivity contribution in [1.82, 2.24) is 15.0 Å². The topological polar surface area (TPSA) is 69.8 Å². The van der Waals surface area contributed by atoms with Gasteiger partial charge in [0, 0.05) is 18.5 Å². The lowest BCUT2D eigenvalue weighted by atomic mass is 9.79. The minimum atomic E-state index is -0.984. The lowest BCUT2D eigenvalue weighted by Crippen LogP contribution is -2.60. The van der Waals surface area contributed by atoms with Crippen molar-refractivity contribution in [1.29, 1.82) is 0 Å². The summed E-state index contributed by atoms with van der Waals surface area (Å²) in [7, 11) is 3.88. The number of likely N-dealkylation sites (N-methyl/N-ethyl adjacent to an activating group) is 1. The fourth-order valence-electron chi connectivity index (χ4n) is 4.12. The Morgan fingerprint density at radius 2 is 1.93 bits per heavy atom. The van der Waals surface area contributed by atoms with Crippen molar-refractivity contribution in [2.45, 2.75) is 24.5 Å². The zero-order valence-corrected chi connectivity index (χ0v) is 16.2. The van der Waals surface area contributed by atoms with E-state index < -0.39 is 5.60 Å². The minimum absolute atomic E-state index is 0.000940. The van der Waals surface area contributed by atoms with Crippen molar-refractivity contribution in [2.75, 3.05) is 27.2 Å². The Kier molecular flexibility index (Phi) is 4.91. The zero-order valence-electron chi connectivity index (χ0n) is 16.2. The van der Waals surface area contributed by atoms with Gasteiger partial charge >= 0.3 is 0 Å². The zero-order chi connectivity index (χ0) is 19.7. The second-order valence-electron chi connectivity index (χ2n) is 7.66. The van der Waals surface area contributed by atoms with Crippen LogP contribution in [0.2, 0.25) is 0 Å². The monoisotopic (exact) mass is 379 g/mol. The summed E-state index contributed by atoms with van der Waals surface area (Å²) in [5, 5.41) is 16.4. The summed E-state index contributed by atoms with van der Waals surface area (Å²) in [5.41, 5.74) is 1.25. The summed E-state index contributed by atoms with van der Waals surface area (Å²) >= 11 is 0. The van der Waals surface area contributed by atoms with Crippen LogP contribution in [0.5, 0.6) is 0 Å². The van der Waals surface area contributed by atoms with E-state index in [1.54, 1.807) is 0 Å². The van der Waals surface area contributed by atoms with Crippen LogP contribution in [0.1, 0.15) is 17.7 Å². The molecule has 3 aromatic rings. The number of carbonyl (C=O) groups is 1. The van der Waals surface area contributed by atoms with Crippen LogP contribution in [-0.2, 0) is 16.8 Å². The molecule has 6 heteroatoms. The summed E-state index contributed by atoms with van der Waals surface area (Å²) in [4.78, 5) is 16.8. The van der Waals surface area contributed by atoms with E-state index in [9.17, 15) is 9.90 Å². The maximum atomic E-state index is 13.0. The van der Waals surface area contributed by atoms with E-state index in [0.717, 1.165) is 10.9 Å².